The van der Waals surface area contributed by atoms with E-state index in [-0.39, 0.29) is 28.2 Å². The highest BCUT2D eigenvalue weighted by Gasteiger charge is 2.17. The van der Waals surface area contributed by atoms with Crippen LogP contribution in [-0.4, -0.2) is 37.1 Å². The molecule has 0 aliphatic rings. The number of hydrogen-bond donors (Lipinski definition) is 3. The van der Waals surface area contributed by atoms with Crippen molar-refractivity contribution in [3.63, 3.8) is 0 Å². The van der Waals surface area contributed by atoms with Crippen molar-refractivity contribution in [3.05, 3.63) is 78.3 Å². The molecule has 0 spiro atoms. The SMILES string of the molecule is CCOc1cc(/C=N\NC(=O)C(=O)Nc2cccc(Cl)c2Cl)cc(I)c1OCC(=O)Nc1c(C)cc(C)cc1C. The van der Waals surface area contributed by atoms with Crippen LogP contribution in [0.25, 0.3) is 0 Å². The summed E-state index contributed by atoms with van der Waals surface area (Å²) in [4.78, 5) is 37.0. The molecule has 0 unspecified atom stereocenters. The number of nitrogens with one attached hydrogen (secondary N) is 3. The van der Waals surface area contributed by atoms with Crippen molar-refractivity contribution >= 4 is 81.1 Å². The first kappa shape index (κ1) is 31.2. The molecule has 9 nitrogen and oxygen atoms in total. The summed E-state index contributed by atoms with van der Waals surface area (Å²) in [5.41, 5.74) is 6.74. The van der Waals surface area contributed by atoms with Gasteiger partial charge in [0.05, 0.1) is 32.1 Å². The molecule has 0 atom stereocenters. The van der Waals surface area contributed by atoms with Gasteiger partial charge in [-0.2, -0.15) is 5.10 Å². The molecular formula is C28H27Cl2IN4O5. The van der Waals surface area contributed by atoms with Crippen LogP contribution >= 0.6 is 45.8 Å². The Hall–Kier alpha value is -3.35. The van der Waals surface area contributed by atoms with Crippen LogP contribution in [0.15, 0.2) is 47.6 Å². The first-order valence-electron chi connectivity index (χ1n) is 12.0. The van der Waals surface area contributed by atoms with Gasteiger partial charge >= 0.3 is 11.8 Å². The molecule has 3 amide bonds. The summed E-state index contributed by atoms with van der Waals surface area (Å²) < 4.78 is 12.2. The Labute approximate surface area is 255 Å². The molecule has 0 aliphatic heterocycles. The minimum Gasteiger partial charge on any atom is -0.490 e. The van der Waals surface area contributed by atoms with Crippen LogP contribution in [0.2, 0.25) is 10.0 Å². The number of carbonyl (C=O) groups is 3. The molecule has 40 heavy (non-hydrogen) atoms. The van der Waals surface area contributed by atoms with Gasteiger partial charge in [-0.3, -0.25) is 14.4 Å². The van der Waals surface area contributed by atoms with E-state index in [0.717, 1.165) is 22.4 Å². The zero-order chi connectivity index (χ0) is 29.4. The van der Waals surface area contributed by atoms with Crippen molar-refractivity contribution in [1.82, 2.24) is 5.43 Å². The fourth-order valence-corrected chi connectivity index (χ4v) is 4.88. The number of ether oxygens (including phenoxy) is 2. The van der Waals surface area contributed by atoms with Crippen molar-refractivity contribution in [2.75, 3.05) is 23.8 Å². The smallest absolute Gasteiger partial charge is 0.329 e. The van der Waals surface area contributed by atoms with Gasteiger partial charge in [0.1, 0.15) is 0 Å². The van der Waals surface area contributed by atoms with E-state index >= 15 is 0 Å². The molecule has 3 aromatic carbocycles. The standard InChI is InChI=1S/C28H27Cl2IN4O5/c1-5-39-22-12-18(13-32-35-28(38)27(37)33-21-8-6-7-19(29)24(21)30)11-20(31)26(22)40-14-23(36)34-25-16(3)9-15(2)10-17(25)4/h6-13H,5,14H2,1-4H3,(H,33,37)(H,34,36)(H,35,38)/b32-13-. The minimum atomic E-state index is -1.00. The number of amides is 3. The van der Waals surface area contributed by atoms with E-state index in [0.29, 0.717) is 27.2 Å². The third kappa shape index (κ3) is 8.33. The van der Waals surface area contributed by atoms with Crippen LogP contribution < -0.4 is 25.5 Å². The first-order valence-corrected chi connectivity index (χ1v) is 13.9. The molecule has 0 radical (unpaired) electrons. The van der Waals surface area contributed by atoms with E-state index in [1.807, 2.05) is 39.8 Å². The average Bonchev–Trinajstić information content (AvgIpc) is 2.88. The molecule has 0 heterocycles. The van der Waals surface area contributed by atoms with E-state index in [1.54, 1.807) is 24.3 Å². The van der Waals surface area contributed by atoms with Gasteiger partial charge in [0.25, 0.3) is 5.91 Å². The van der Waals surface area contributed by atoms with Gasteiger partial charge in [-0.25, -0.2) is 5.43 Å². The maximum absolute atomic E-state index is 12.6. The highest BCUT2D eigenvalue weighted by atomic mass is 127. The normalized spacial score (nSPS) is 10.8. The van der Waals surface area contributed by atoms with Crippen LogP contribution in [0.1, 0.15) is 29.2 Å². The molecule has 3 aromatic rings. The topological polar surface area (TPSA) is 118 Å². The Morgan fingerprint density at radius 1 is 0.975 bits per heavy atom. The van der Waals surface area contributed by atoms with Crippen molar-refractivity contribution < 1.29 is 23.9 Å². The lowest BCUT2D eigenvalue weighted by atomic mass is 10.1. The Morgan fingerprint density at radius 2 is 1.68 bits per heavy atom. The molecule has 210 valence electrons. The number of hydrogen-bond acceptors (Lipinski definition) is 6. The highest BCUT2D eigenvalue weighted by Crippen LogP contribution is 2.34. The molecule has 0 saturated carbocycles. The van der Waals surface area contributed by atoms with E-state index in [2.05, 4.69) is 43.8 Å². The summed E-state index contributed by atoms with van der Waals surface area (Å²) in [6.07, 6.45) is 1.35. The second kappa shape index (κ2) is 14.3. The predicted molar refractivity (Wildman–Crippen MR) is 166 cm³/mol. The highest BCUT2D eigenvalue weighted by molar-refractivity contribution is 14.1. The summed E-state index contributed by atoms with van der Waals surface area (Å²) in [5.74, 6) is -1.49. The van der Waals surface area contributed by atoms with E-state index < -0.39 is 11.8 Å². The largest absolute Gasteiger partial charge is 0.490 e. The zero-order valence-corrected chi connectivity index (χ0v) is 25.8. The number of halogens is 3. The Balaban J connectivity index is 1.65. The van der Waals surface area contributed by atoms with Gasteiger partial charge in [-0.1, -0.05) is 47.0 Å². The fraction of sp³-hybridized carbons (Fsp3) is 0.214. The lowest BCUT2D eigenvalue weighted by Crippen LogP contribution is -2.32. The summed E-state index contributed by atoms with van der Waals surface area (Å²) >= 11 is 14.0. The number of benzene rings is 3. The number of anilines is 2. The van der Waals surface area contributed by atoms with Crippen molar-refractivity contribution in [1.29, 1.82) is 0 Å². The summed E-state index contributed by atoms with van der Waals surface area (Å²) in [7, 11) is 0. The first-order chi connectivity index (χ1) is 19.0. The van der Waals surface area contributed by atoms with Crippen LogP contribution in [0.3, 0.4) is 0 Å². The van der Waals surface area contributed by atoms with Crippen LogP contribution in [0, 0.1) is 24.3 Å². The number of carbonyl (C=O) groups excluding carboxylic acids is 3. The molecule has 0 saturated heterocycles. The Bertz CT molecular complexity index is 1460. The van der Waals surface area contributed by atoms with Crippen molar-refractivity contribution in [3.8, 4) is 11.5 Å². The predicted octanol–water partition coefficient (Wildman–Crippen LogP) is 6.03. The second-order valence-corrected chi connectivity index (χ2v) is 10.6. The van der Waals surface area contributed by atoms with Gasteiger partial charge in [-0.05, 0) is 91.2 Å². The summed E-state index contributed by atoms with van der Waals surface area (Å²) in [6.45, 7) is 7.83. The van der Waals surface area contributed by atoms with Crippen LogP contribution in [0.5, 0.6) is 11.5 Å². The van der Waals surface area contributed by atoms with Gasteiger partial charge in [0.15, 0.2) is 18.1 Å². The van der Waals surface area contributed by atoms with Gasteiger partial charge in [0, 0.05) is 5.69 Å². The third-order valence-electron chi connectivity index (χ3n) is 5.41. The fourth-order valence-electron chi connectivity index (χ4n) is 3.75. The molecule has 12 heteroatoms. The van der Waals surface area contributed by atoms with E-state index in [9.17, 15) is 14.4 Å². The molecular weight excluding hydrogens is 670 g/mol. The molecule has 3 rings (SSSR count). The molecule has 0 bridgehead atoms. The summed E-state index contributed by atoms with van der Waals surface area (Å²) in [5, 5.41) is 9.50. The summed E-state index contributed by atoms with van der Waals surface area (Å²) in [6, 6.07) is 12.0. The number of aryl methyl sites for hydroxylation is 3. The van der Waals surface area contributed by atoms with Crippen LogP contribution in [0.4, 0.5) is 11.4 Å². The maximum Gasteiger partial charge on any atom is 0.329 e. The van der Waals surface area contributed by atoms with E-state index in [1.165, 1.54) is 12.3 Å². The molecule has 0 aliphatic carbocycles. The quantitative estimate of drug-likeness (QED) is 0.109. The molecule has 3 N–H and O–H groups in total. The minimum absolute atomic E-state index is 0.118. The lowest BCUT2D eigenvalue weighted by molar-refractivity contribution is -0.136. The molecule has 0 aromatic heterocycles. The van der Waals surface area contributed by atoms with Crippen molar-refractivity contribution in [2.24, 2.45) is 5.10 Å². The van der Waals surface area contributed by atoms with Crippen LogP contribution in [-0.2, 0) is 14.4 Å². The zero-order valence-electron chi connectivity index (χ0n) is 22.2. The van der Waals surface area contributed by atoms with E-state index in [4.69, 9.17) is 32.7 Å². The number of nitrogens with zero attached hydrogens (tertiary/aromatic N) is 1. The second-order valence-electron chi connectivity index (χ2n) is 8.63. The van der Waals surface area contributed by atoms with Gasteiger partial charge in [-0.15, -0.1) is 0 Å². The average molecular weight is 697 g/mol. The lowest BCUT2D eigenvalue weighted by Gasteiger charge is -2.16. The Kier molecular flexibility index (Phi) is 11.2. The Morgan fingerprint density at radius 3 is 2.35 bits per heavy atom. The molecule has 0 fully saturated rings. The monoisotopic (exact) mass is 696 g/mol. The maximum atomic E-state index is 12.6. The third-order valence-corrected chi connectivity index (χ3v) is 7.03. The number of rotatable bonds is 9. The van der Waals surface area contributed by atoms with Gasteiger partial charge in [0.2, 0.25) is 0 Å². The van der Waals surface area contributed by atoms with Gasteiger partial charge < -0.3 is 20.1 Å². The van der Waals surface area contributed by atoms with Crippen molar-refractivity contribution in [2.45, 2.75) is 27.7 Å². The number of hydrazone groups is 1.